The second kappa shape index (κ2) is 6.48. The van der Waals surface area contributed by atoms with Gasteiger partial charge in [0.1, 0.15) is 0 Å². The summed E-state index contributed by atoms with van der Waals surface area (Å²) in [6.07, 6.45) is 8.82. The summed E-state index contributed by atoms with van der Waals surface area (Å²) in [5.41, 5.74) is 8.27. The van der Waals surface area contributed by atoms with Crippen LogP contribution in [0.5, 0.6) is 0 Å². The van der Waals surface area contributed by atoms with Crippen LogP contribution in [0.15, 0.2) is 45.6 Å². The number of nitriles is 1. The van der Waals surface area contributed by atoms with Gasteiger partial charge in [0.05, 0.1) is 6.07 Å². The summed E-state index contributed by atoms with van der Waals surface area (Å²) in [4.78, 5) is 0. The van der Waals surface area contributed by atoms with Crippen molar-refractivity contribution in [2.75, 3.05) is 0 Å². The van der Waals surface area contributed by atoms with E-state index in [4.69, 9.17) is 5.26 Å². The molecule has 0 aromatic carbocycles. The molecular formula is C20H27N. The molecule has 0 aromatic heterocycles. The van der Waals surface area contributed by atoms with E-state index in [1.165, 1.54) is 35.1 Å². The van der Waals surface area contributed by atoms with Gasteiger partial charge in [0.15, 0.2) is 0 Å². The highest BCUT2D eigenvalue weighted by Crippen LogP contribution is 2.40. The molecule has 0 N–H and O–H groups in total. The van der Waals surface area contributed by atoms with E-state index >= 15 is 0 Å². The minimum absolute atomic E-state index is 0.603. The van der Waals surface area contributed by atoms with Crippen LogP contribution in [0.25, 0.3) is 0 Å². The van der Waals surface area contributed by atoms with Crippen LogP contribution >= 0.6 is 0 Å². The second-order valence-corrected chi connectivity index (χ2v) is 7.05. The summed E-state index contributed by atoms with van der Waals surface area (Å²) < 4.78 is 0. The average Bonchev–Trinajstić information content (AvgIpc) is 2.38. The van der Waals surface area contributed by atoms with Gasteiger partial charge in [-0.3, -0.25) is 0 Å². The van der Waals surface area contributed by atoms with Crippen LogP contribution < -0.4 is 0 Å². The van der Waals surface area contributed by atoms with Crippen LogP contribution in [0.4, 0.5) is 0 Å². The van der Waals surface area contributed by atoms with Crippen molar-refractivity contribution in [3.63, 3.8) is 0 Å². The van der Waals surface area contributed by atoms with Crippen LogP contribution in [0, 0.1) is 23.2 Å². The molecule has 1 unspecified atom stereocenters. The SMILES string of the molecule is CC1=C(C2=C(C)C=C(CC(C)C)CC2C)CCC(C#N)=C1. The van der Waals surface area contributed by atoms with Crippen LogP contribution in [-0.4, -0.2) is 0 Å². The Hall–Kier alpha value is -1.55. The first kappa shape index (κ1) is 15.8. The zero-order chi connectivity index (χ0) is 15.6. The predicted molar refractivity (Wildman–Crippen MR) is 89.6 cm³/mol. The first-order valence-electron chi connectivity index (χ1n) is 8.13. The van der Waals surface area contributed by atoms with Gasteiger partial charge >= 0.3 is 0 Å². The van der Waals surface area contributed by atoms with Crippen molar-refractivity contribution >= 4 is 0 Å². The maximum absolute atomic E-state index is 9.07. The molecule has 0 aliphatic heterocycles. The van der Waals surface area contributed by atoms with Gasteiger partial charge in [-0.1, -0.05) is 32.4 Å². The molecule has 0 fully saturated rings. The molecule has 0 heterocycles. The molecule has 0 radical (unpaired) electrons. The molecule has 1 heteroatoms. The van der Waals surface area contributed by atoms with Crippen molar-refractivity contribution in [1.29, 1.82) is 5.26 Å². The highest BCUT2D eigenvalue weighted by atomic mass is 14.3. The van der Waals surface area contributed by atoms with Gasteiger partial charge in [0.25, 0.3) is 0 Å². The Bertz CT molecular complexity index is 588. The van der Waals surface area contributed by atoms with Crippen molar-refractivity contribution in [1.82, 2.24) is 0 Å². The largest absolute Gasteiger partial charge is 0.193 e. The standard InChI is InChI=1S/C20H27N/c1-13(2)8-18-10-15(4)20(16(5)11-18)19-7-6-17(12-21)9-14(19)3/h9-10,13,16H,6-8,11H2,1-5H3. The summed E-state index contributed by atoms with van der Waals surface area (Å²) in [7, 11) is 0. The van der Waals surface area contributed by atoms with E-state index in [1.807, 2.05) is 0 Å². The van der Waals surface area contributed by atoms with Gasteiger partial charge in [-0.15, -0.1) is 0 Å². The molecule has 0 spiro atoms. The van der Waals surface area contributed by atoms with Crippen LogP contribution in [0.2, 0.25) is 0 Å². The molecule has 0 saturated carbocycles. The smallest absolute Gasteiger partial charge is 0.0947 e. The zero-order valence-corrected chi connectivity index (χ0v) is 14.1. The van der Waals surface area contributed by atoms with Crippen LogP contribution in [0.3, 0.4) is 0 Å². The van der Waals surface area contributed by atoms with Gasteiger partial charge in [-0.05, 0) is 79.7 Å². The topological polar surface area (TPSA) is 23.8 Å². The lowest BCUT2D eigenvalue weighted by Crippen LogP contribution is -2.14. The van der Waals surface area contributed by atoms with Crippen molar-refractivity contribution in [3.05, 3.63) is 45.6 Å². The quantitative estimate of drug-likeness (QED) is 0.634. The highest BCUT2D eigenvalue weighted by Gasteiger charge is 2.24. The molecule has 2 rings (SSSR count). The van der Waals surface area contributed by atoms with Gasteiger partial charge < -0.3 is 0 Å². The molecule has 0 aromatic rings. The molecule has 0 amide bonds. The van der Waals surface area contributed by atoms with Crippen molar-refractivity contribution < 1.29 is 0 Å². The summed E-state index contributed by atoms with van der Waals surface area (Å²) >= 11 is 0. The lowest BCUT2D eigenvalue weighted by atomic mass is 9.75. The summed E-state index contributed by atoms with van der Waals surface area (Å²) in [5.74, 6) is 1.33. The lowest BCUT2D eigenvalue weighted by molar-refractivity contribution is 0.572. The molecule has 1 atom stereocenters. The summed E-state index contributed by atoms with van der Waals surface area (Å²) in [6.45, 7) is 11.4. The highest BCUT2D eigenvalue weighted by molar-refractivity contribution is 5.52. The Kier molecular flexibility index (Phi) is 4.88. The number of hydrogen-bond acceptors (Lipinski definition) is 1. The number of hydrogen-bond donors (Lipinski definition) is 0. The van der Waals surface area contributed by atoms with Gasteiger partial charge in [0, 0.05) is 5.57 Å². The Morgan fingerprint density at radius 2 is 1.90 bits per heavy atom. The molecular weight excluding hydrogens is 254 g/mol. The van der Waals surface area contributed by atoms with E-state index in [-0.39, 0.29) is 0 Å². The van der Waals surface area contributed by atoms with E-state index in [0.717, 1.165) is 24.3 Å². The fourth-order valence-corrected chi connectivity index (χ4v) is 3.84. The van der Waals surface area contributed by atoms with Gasteiger partial charge in [-0.2, -0.15) is 5.26 Å². The van der Waals surface area contributed by atoms with E-state index in [2.05, 4.69) is 52.8 Å². The van der Waals surface area contributed by atoms with Gasteiger partial charge in [-0.25, -0.2) is 0 Å². The summed E-state index contributed by atoms with van der Waals surface area (Å²) in [5, 5.41) is 9.07. The van der Waals surface area contributed by atoms with Crippen LogP contribution in [0.1, 0.15) is 60.3 Å². The molecule has 1 nitrogen and oxygen atoms in total. The fraction of sp³-hybridized carbons (Fsp3) is 0.550. The predicted octanol–water partition coefficient (Wildman–Crippen LogP) is 5.88. The third-order valence-electron chi connectivity index (χ3n) is 4.56. The fourth-order valence-electron chi connectivity index (χ4n) is 3.84. The van der Waals surface area contributed by atoms with E-state index in [1.54, 1.807) is 5.57 Å². The summed E-state index contributed by atoms with van der Waals surface area (Å²) in [6, 6.07) is 2.31. The molecule has 2 aliphatic carbocycles. The molecule has 2 aliphatic rings. The minimum Gasteiger partial charge on any atom is -0.193 e. The zero-order valence-electron chi connectivity index (χ0n) is 14.1. The number of allylic oxidation sites excluding steroid dienone is 8. The van der Waals surface area contributed by atoms with E-state index < -0.39 is 0 Å². The third-order valence-corrected chi connectivity index (χ3v) is 4.56. The first-order valence-corrected chi connectivity index (χ1v) is 8.13. The Balaban J connectivity index is 2.37. The van der Waals surface area contributed by atoms with Crippen molar-refractivity contribution in [3.8, 4) is 6.07 Å². The Morgan fingerprint density at radius 3 is 2.43 bits per heavy atom. The molecule has 112 valence electrons. The van der Waals surface area contributed by atoms with Crippen molar-refractivity contribution in [2.24, 2.45) is 11.8 Å². The minimum atomic E-state index is 0.603. The maximum atomic E-state index is 9.07. The average molecular weight is 281 g/mol. The van der Waals surface area contributed by atoms with E-state index in [0.29, 0.717) is 5.92 Å². The maximum Gasteiger partial charge on any atom is 0.0947 e. The molecule has 0 saturated heterocycles. The van der Waals surface area contributed by atoms with E-state index in [9.17, 15) is 0 Å². The second-order valence-electron chi connectivity index (χ2n) is 7.05. The lowest BCUT2D eigenvalue weighted by Gasteiger charge is -2.29. The monoisotopic (exact) mass is 281 g/mol. The van der Waals surface area contributed by atoms with Gasteiger partial charge in [0.2, 0.25) is 0 Å². The van der Waals surface area contributed by atoms with Crippen LogP contribution in [-0.2, 0) is 0 Å². The Labute approximate surface area is 129 Å². The number of nitrogens with zero attached hydrogens (tertiary/aromatic N) is 1. The molecule has 0 bridgehead atoms. The third kappa shape index (κ3) is 3.56. The molecule has 21 heavy (non-hydrogen) atoms. The number of rotatable bonds is 3. The van der Waals surface area contributed by atoms with Crippen molar-refractivity contribution in [2.45, 2.75) is 60.3 Å². The first-order chi connectivity index (χ1) is 9.92. The Morgan fingerprint density at radius 1 is 1.19 bits per heavy atom. The normalized spacial score (nSPS) is 23.2.